The highest BCUT2D eigenvalue weighted by Gasteiger charge is 2.31. The van der Waals surface area contributed by atoms with Gasteiger partial charge in [-0.1, -0.05) is 257 Å². The first-order chi connectivity index (χ1) is 40.8. The molecule has 6 bridgehead atoms. The lowest BCUT2D eigenvalue weighted by atomic mass is 9.83. The van der Waals surface area contributed by atoms with Crippen LogP contribution in [0.4, 0.5) is 51.2 Å². The maximum atomic E-state index is 2.57. The Labute approximate surface area is 486 Å². The van der Waals surface area contributed by atoms with E-state index in [-0.39, 0.29) is 5.41 Å². The summed E-state index contributed by atoms with van der Waals surface area (Å²) in [6, 6.07) is 113. The second-order valence-corrected chi connectivity index (χ2v) is 23.0. The van der Waals surface area contributed by atoms with Crippen LogP contribution in [0.5, 0.6) is 0 Å². The summed E-state index contributed by atoms with van der Waals surface area (Å²) in [5, 5.41) is 7.29. The van der Waals surface area contributed by atoms with E-state index >= 15 is 0 Å². The number of nitrogens with zero attached hydrogens (tertiary/aromatic N) is 3. The van der Waals surface area contributed by atoms with Gasteiger partial charge in [-0.3, -0.25) is 0 Å². The lowest BCUT2D eigenvalue weighted by molar-refractivity contribution is 0.591. The Morgan fingerprint density at radius 3 is 0.988 bits per heavy atom. The lowest BCUT2D eigenvalue weighted by Crippen LogP contribution is -2.18. The van der Waals surface area contributed by atoms with Crippen molar-refractivity contribution in [3.63, 3.8) is 0 Å². The lowest BCUT2D eigenvalue weighted by Gasteiger charge is -2.36. The molecule has 14 aromatic carbocycles. The molecule has 0 unspecified atom stereocenters. The van der Waals surface area contributed by atoms with Crippen molar-refractivity contribution < 1.29 is 0 Å². The molecule has 1 heterocycles. The van der Waals surface area contributed by atoms with Crippen molar-refractivity contribution in [1.29, 1.82) is 0 Å². The van der Waals surface area contributed by atoms with Gasteiger partial charge in [-0.2, -0.15) is 0 Å². The Hall–Kier alpha value is -10.5. The molecule has 83 heavy (non-hydrogen) atoms. The summed E-state index contributed by atoms with van der Waals surface area (Å²) in [4.78, 5) is 7.61. The summed E-state index contributed by atoms with van der Waals surface area (Å²) in [7, 11) is 0. The highest BCUT2D eigenvalue weighted by atomic mass is 15.2. The fourth-order valence-corrected chi connectivity index (χ4v) is 12.7. The van der Waals surface area contributed by atoms with Crippen LogP contribution >= 0.6 is 0 Å². The Balaban J connectivity index is 1.15. The van der Waals surface area contributed by atoms with Crippen molar-refractivity contribution in [2.24, 2.45) is 0 Å². The highest BCUT2D eigenvalue weighted by Crippen LogP contribution is 2.55. The van der Waals surface area contributed by atoms with Crippen LogP contribution in [-0.2, 0) is 5.41 Å². The molecule has 3 heteroatoms. The maximum Gasteiger partial charge on any atom is 0.0561 e. The molecule has 3 nitrogen and oxygen atoms in total. The van der Waals surface area contributed by atoms with Crippen molar-refractivity contribution in [1.82, 2.24) is 0 Å². The van der Waals surface area contributed by atoms with E-state index in [9.17, 15) is 0 Å². The number of fused-ring (bicyclic) bond motifs is 8. The molecular formula is C80H59N3. The average Bonchev–Trinajstić information content (AvgIpc) is 3.68. The fourth-order valence-electron chi connectivity index (χ4n) is 12.7. The molecule has 394 valence electrons. The zero-order valence-electron chi connectivity index (χ0n) is 46.7. The maximum absolute atomic E-state index is 2.57. The van der Waals surface area contributed by atoms with Crippen LogP contribution < -0.4 is 14.7 Å². The van der Waals surface area contributed by atoms with Gasteiger partial charge in [-0.15, -0.1) is 0 Å². The minimum Gasteiger partial charge on any atom is -0.310 e. The SMILES string of the molecule is CC(C)(C)c1cc2ccc3c4cc(c5ccc(c1)c2c35)N(c1ccccc1-c1ccccc1)c1cc(-c2ccccc2)cc(c1)N(c1ccc(-c2ccccc2)cc1)c1cc(-c2ccccc2)cc(c1)N4c1ccccc1-c1ccccc1. The summed E-state index contributed by atoms with van der Waals surface area (Å²) in [6.45, 7) is 6.96. The number of rotatable bonds is 8. The van der Waals surface area contributed by atoms with E-state index in [4.69, 9.17) is 0 Å². The van der Waals surface area contributed by atoms with Crippen LogP contribution in [0.2, 0.25) is 0 Å². The number of anilines is 9. The number of hydrogen-bond donors (Lipinski definition) is 0. The van der Waals surface area contributed by atoms with Crippen LogP contribution in [0.3, 0.4) is 0 Å². The molecule has 0 spiro atoms. The third-order valence-corrected chi connectivity index (χ3v) is 16.8. The zero-order valence-corrected chi connectivity index (χ0v) is 46.7. The molecule has 0 atom stereocenters. The summed E-state index contributed by atoms with van der Waals surface area (Å²) < 4.78 is 0. The monoisotopic (exact) mass is 1060 g/mol. The predicted octanol–water partition coefficient (Wildman–Crippen LogP) is 22.9. The third-order valence-electron chi connectivity index (χ3n) is 16.8. The largest absolute Gasteiger partial charge is 0.310 e. The van der Waals surface area contributed by atoms with Gasteiger partial charge in [-0.05, 0) is 138 Å². The zero-order chi connectivity index (χ0) is 55.6. The Bertz CT molecular complexity index is 4440. The second kappa shape index (κ2) is 20.3. The first-order valence-corrected chi connectivity index (χ1v) is 28.8. The van der Waals surface area contributed by atoms with E-state index in [2.05, 4.69) is 339 Å². The molecule has 0 N–H and O–H groups in total. The van der Waals surface area contributed by atoms with Gasteiger partial charge in [-0.25, -0.2) is 0 Å². The third kappa shape index (κ3) is 8.86. The first kappa shape index (κ1) is 49.6. The van der Waals surface area contributed by atoms with Crippen LogP contribution in [0, 0.1) is 0 Å². The Morgan fingerprint density at radius 2 is 0.578 bits per heavy atom. The van der Waals surface area contributed by atoms with E-state index in [1.165, 1.54) is 43.4 Å². The normalized spacial score (nSPS) is 12.4. The van der Waals surface area contributed by atoms with Gasteiger partial charge in [0.2, 0.25) is 0 Å². The van der Waals surface area contributed by atoms with Crippen LogP contribution in [0.15, 0.2) is 303 Å². The predicted molar refractivity (Wildman–Crippen MR) is 354 cm³/mol. The molecule has 1 aliphatic heterocycles. The van der Waals surface area contributed by atoms with E-state index in [0.29, 0.717) is 0 Å². The summed E-state index contributed by atoms with van der Waals surface area (Å²) >= 11 is 0. The smallest absolute Gasteiger partial charge is 0.0561 e. The minimum absolute atomic E-state index is 0.0504. The van der Waals surface area contributed by atoms with Gasteiger partial charge in [0.05, 0.1) is 22.7 Å². The summed E-state index contributed by atoms with van der Waals surface area (Å²) in [6.07, 6.45) is 0. The van der Waals surface area contributed by atoms with Gasteiger partial charge < -0.3 is 14.7 Å². The van der Waals surface area contributed by atoms with Gasteiger partial charge in [0.1, 0.15) is 0 Å². The van der Waals surface area contributed by atoms with Gasteiger partial charge in [0.25, 0.3) is 0 Å². The summed E-state index contributed by atoms with van der Waals surface area (Å²) in [5.41, 5.74) is 22.1. The molecule has 0 fully saturated rings. The van der Waals surface area contributed by atoms with Crippen molar-refractivity contribution >= 4 is 83.5 Å². The standard InChI is InChI=1S/C80H59N3/c1-80(2,3)64-45-60-39-43-72-76-53-77(73-44-40-61(46-64)78(60)79(72)73)83(75-36-22-20-34-71(75)59-31-17-8-18-32-59)69-50-63(56-27-13-6-14-28-56)48-67(52-69)81(65-41-37-57(38-42-65)54-23-9-4-10-24-54)66-47-62(55-25-11-5-12-26-55)49-68(51-66)82(76)74-35-21-19-33-70(74)58-29-15-7-16-30-58/h4-53H,1-3H3. The summed E-state index contributed by atoms with van der Waals surface area (Å²) in [5.74, 6) is 0. The van der Waals surface area contributed by atoms with Crippen molar-refractivity contribution in [3.8, 4) is 55.6 Å². The van der Waals surface area contributed by atoms with E-state index in [1.807, 2.05) is 0 Å². The molecular weight excluding hydrogens is 1000 g/mol. The highest BCUT2D eigenvalue weighted by molar-refractivity contribution is 6.29. The van der Waals surface area contributed by atoms with E-state index in [1.54, 1.807) is 0 Å². The molecule has 1 aliphatic rings. The van der Waals surface area contributed by atoms with Crippen molar-refractivity contribution in [2.45, 2.75) is 26.2 Å². The molecule has 14 aromatic rings. The molecule has 0 radical (unpaired) electrons. The van der Waals surface area contributed by atoms with E-state index < -0.39 is 0 Å². The molecule has 0 aromatic heterocycles. The first-order valence-electron chi connectivity index (χ1n) is 28.8. The topological polar surface area (TPSA) is 9.72 Å². The van der Waals surface area contributed by atoms with Gasteiger partial charge >= 0.3 is 0 Å². The fraction of sp³-hybridized carbons (Fsp3) is 0.0500. The van der Waals surface area contributed by atoms with Crippen molar-refractivity contribution in [3.05, 3.63) is 309 Å². The molecule has 0 aliphatic carbocycles. The number of hydrogen-bond acceptors (Lipinski definition) is 3. The molecule has 0 saturated carbocycles. The molecule has 0 amide bonds. The van der Waals surface area contributed by atoms with Crippen LogP contribution in [0.1, 0.15) is 26.3 Å². The Kier molecular flexibility index (Phi) is 12.1. The molecule has 15 rings (SSSR count). The number of para-hydroxylation sites is 2. The van der Waals surface area contributed by atoms with Gasteiger partial charge in [0.15, 0.2) is 0 Å². The van der Waals surface area contributed by atoms with Crippen LogP contribution in [0.25, 0.3) is 88.0 Å². The quantitative estimate of drug-likeness (QED) is 0.140. The molecule has 0 saturated heterocycles. The minimum atomic E-state index is -0.0504. The van der Waals surface area contributed by atoms with Gasteiger partial charge in [0, 0.05) is 55.7 Å². The van der Waals surface area contributed by atoms with E-state index in [0.717, 1.165) is 101 Å². The second-order valence-electron chi connectivity index (χ2n) is 23.0. The number of benzene rings is 14. The average molecular weight is 1060 g/mol. The van der Waals surface area contributed by atoms with Crippen LogP contribution in [-0.4, -0.2) is 0 Å². The Morgan fingerprint density at radius 1 is 0.229 bits per heavy atom. The van der Waals surface area contributed by atoms with Crippen molar-refractivity contribution in [2.75, 3.05) is 14.7 Å².